The minimum atomic E-state index is -0.975. The van der Waals surface area contributed by atoms with Crippen molar-refractivity contribution in [2.75, 3.05) is 45.9 Å². The minimum Gasteiger partial charge on any atom is -0.383 e. The monoisotopic (exact) mass is 564 g/mol. The van der Waals surface area contributed by atoms with Crippen molar-refractivity contribution in [1.82, 2.24) is 15.5 Å². The standard InChI is InChI=1S/C21H32N4O2S2.HI/c1-4-22-20(24-15-21(3,26)17-7-12-28-14-17)23-13-18(19-6-5-16(2)29-19)25-8-10-27-11-9-25;/h5-7,12,14,18,26H,4,8-11,13,15H2,1-3H3,(H2,22,23,24);1H. The Bertz CT molecular complexity index is 774. The van der Waals surface area contributed by atoms with Gasteiger partial charge in [0.05, 0.1) is 25.8 Å². The second-order valence-electron chi connectivity index (χ2n) is 7.47. The lowest BCUT2D eigenvalue weighted by atomic mass is 10.00. The van der Waals surface area contributed by atoms with Crippen LogP contribution >= 0.6 is 46.7 Å². The van der Waals surface area contributed by atoms with Crippen LogP contribution in [0, 0.1) is 6.92 Å². The average molecular weight is 565 g/mol. The Morgan fingerprint density at radius 3 is 2.67 bits per heavy atom. The molecule has 168 valence electrons. The van der Waals surface area contributed by atoms with Crippen molar-refractivity contribution < 1.29 is 9.84 Å². The number of rotatable bonds is 8. The maximum Gasteiger partial charge on any atom is 0.191 e. The second kappa shape index (κ2) is 12.4. The number of aliphatic hydroxyl groups is 1. The number of morpholine rings is 1. The van der Waals surface area contributed by atoms with E-state index in [0.717, 1.165) is 50.9 Å². The second-order valence-corrected chi connectivity index (χ2v) is 9.57. The molecule has 0 aliphatic carbocycles. The normalized spacial score (nSPS) is 18.3. The molecule has 1 aliphatic heterocycles. The number of guanidine groups is 1. The first-order valence-electron chi connectivity index (χ1n) is 10.1. The van der Waals surface area contributed by atoms with Crippen LogP contribution < -0.4 is 10.6 Å². The number of nitrogens with zero attached hydrogens (tertiary/aromatic N) is 2. The lowest BCUT2D eigenvalue weighted by Crippen LogP contribution is -2.46. The van der Waals surface area contributed by atoms with Gasteiger partial charge in [0.25, 0.3) is 0 Å². The highest BCUT2D eigenvalue weighted by Gasteiger charge is 2.25. The van der Waals surface area contributed by atoms with Gasteiger partial charge in [-0.3, -0.25) is 4.90 Å². The molecule has 1 fully saturated rings. The van der Waals surface area contributed by atoms with E-state index < -0.39 is 5.60 Å². The van der Waals surface area contributed by atoms with Crippen LogP contribution in [0.1, 0.15) is 35.2 Å². The van der Waals surface area contributed by atoms with E-state index >= 15 is 0 Å². The lowest BCUT2D eigenvalue weighted by molar-refractivity contribution is 0.0177. The highest BCUT2D eigenvalue weighted by Crippen LogP contribution is 2.28. The summed E-state index contributed by atoms with van der Waals surface area (Å²) in [6, 6.07) is 6.64. The molecule has 0 aromatic carbocycles. The summed E-state index contributed by atoms with van der Waals surface area (Å²) < 4.78 is 5.54. The Balaban J connectivity index is 0.00000320. The van der Waals surface area contributed by atoms with Crippen LogP contribution in [0.2, 0.25) is 0 Å². The van der Waals surface area contributed by atoms with E-state index in [9.17, 15) is 5.11 Å². The molecule has 1 aliphatic rings. The number of nitrogens with one attached hydrogen (secondary N) is 2. The Morgan fingerprint density at radius 2 is 2.07 bits per heavy atom. The van der Waals surface area contributed by atoms with E-state index in [2.05, 4.69) is 46.5 Å². The van der Waals surface area contributed by atoms with Crippen molar-refractivity contribution in [2.45, 2.75) is 32.4 Å². The van der Waals surface area contributed by atoms with Gasteiger partial charge in [0.2, 0.25) is 0 Å². The van der Waals surface area contributed by atoms with E-state index in [-0.39, 0.29) is 30.0 Å². The van der Waals surface area contributed by atoms with Gasteiger partial charge in [0, 0.05) is 35.9 Å². The maximum atomic E-state index is 10.8. The average Bonchev–Trinajstić information content (AvgIpc) is 3.40. The van der Waals surface area contributed by atoms with Crippen molar-refractivity contribution in [2.24, 2.45) is 4.99 Å². The van der Waals surface area contributed by atoms with Crippen molar-refractivity contribution in [3.8, 4) is 0 Å². The fourth-order valence-electron chi connectivity index (χ4n) is 3.36. The van der Waals surface area contributed by atoms with Crippen LogP contribution in [0.25, 0.3) is 0 Å². The van der Waals surface area contributed by atoms with Gasteiger partial charge in [0.15, 0.2) is 5.96 Å². The van der Waals surface area contributed by atoms with Gasteiger partial charge in [-0.05, 0) is 55.3 Å². The molecule has 1 saturated heterocycles. The molecule has 0 spiro atoms. The van der Waals surface area contributed by atoms with E-state index in [1.54, 1.807) is 11.3 Å². The zero-order valence-electron chi connectivity index (χ0n) is 17.9. The van der Waals surface area contributed by atoms with E-state index in [4.69, 9.17) is 4.74 Å². The highest BCUT2D eigenvalue weighted by atomic mass is 127. The van der Waals surface area contributed by atoms with Gasteiger partial charge < -0.3 is 20.5 Å². The number of thiophene rings is 2. The molecule has 2 unspecified atom stereocenters. The Hall–Kier alpha value is -0.720. The predicted molar refractivity (Wildman–Crippen MR) is 137 cm³/mol. The molecular weight excluding hydrogens is 531 g/mol. The predicted octanol–water partition coefficient (Wildman–Crippen LogP) is 3.57. The molecular formula is C21H33IN4O2S2. The van der Waals surface area contributed by atoms with Gasteiger partial charge in [-0.25, -0.2) is 4.99 Å². The first kappa shape index (κ1) is 25.5. The van der Waals surface area contributed by atoms with Gasteiger partial charge in [0.1, 0.15) is 5.60 Å². The molecule has 6 nitrogen and oxygen atoms in total. The Kier molecular flexibility index (Phi) is 10.5. The Labute approximate surface area is 204 Å². The molecule has 0 saturated carbocycles. The maximum absolute atomic E-state index is 10.8. The third-order valence-electron chi connectivity index (χ3n) is 5.07. The van der Waals surface area contributed by atoms with Crippen molar-refractivity contribution in [1.29, 1.82) is 0 Å². The van der Waals surface area contributed by atoms with Gasteiger partial charge in [-0.1, -0.05) is 0 Å². The van der Waals surface area contributed by atoms with Crippen LogP contribution in [-0.4, -0.2) is 61.9 Å². The summed E-state index contributed by atoms with van der Waals surface area (Å²) in [5.74, 6) is 0.731. The molecule has 0 amide bonds. The van der Waals surface area contributed by atoms with E-state index in [0.29, 0.717) is 6.54 Å². The van der Waals surface area contributed by atoms with Crippen LogP contribution in [0.3, 0.4) is 0 Å². The number of aliphatic imine (C=N–C) groups is 1. The van der Waals surface area contributed by atoms with Crippen LogP contribution in [0.4, 0.5) is 0 Å². The zero-order chi connectivity index (χ0) is 20.7. The summed E-state index contributed by atoms with van der Waals surface area (Å²) in [6.45, 7) is 11.3. The van der Waals surface area contributed by atoms with Crippen molar-refractivity contribution >= 4 is 52.6 Å². The van der Waals surface area contributed by atoms with Crippen molar-refractivity contribution in [3.05, 3.63) is 44.3 Å². The van der Waals surface area contributed by atoms with Crippen LogP contribution in [-0.2, 0) is 10.3 Å². The first-order chi connectivity index (χ1) is 14.0. The number of halogens is 1. The zero-order valence-corrected chi connectivity index (χ0v) is 21.9. The smallest absolute Gasteiger partial charge is 0.191 e. The molecule has 3 N–H and O–H groups in total. The largest absolute Gasteiger partial charge is 0.383 e. The van der Waals surface area contributed by atoms with Crippen LogP contribution in [0.5, 0.6) is 0 Å². The molecule has 0 bridgehead atoms. The summed E-state index contributed by atoms with van der Waals surface area (Å²) in [5.41, 5.74) is -0.0704. The van der Waals surface area contributed by atoms with Gasteiger partial charge in [-0.2, -0.15) is 11.3 Å². The quantitative estimate of drug-likeness (QED) is 0.260. The van der Waals surface area contributed by atoms with E-state index in [1.165, 1.54) is 9.75 Å². The summed E-state index contributed by atoms with van der Waals surface area (Å²) in [6.07, 6.45) is 0. The summed E-state index contributed by atoms with van der Waals surface area (Å²) in [7, 11) is 0. The van der Waals surface area contributed by atoms with Gasteiger partial charge >= 0.3 is 0 Å². The third kappa shape index (κ3) is 7.16. The summed E-state index contributed by atoms with van der Waals surface area (Å²) >= 11 is 3.44. The highest BCUT2D eigenvalue weighted by molar-refractivity contribution is 14.0. The minimum absolute atomic E-state index is 0. The topological polar surface area (TPSA) is 69.1 Å². The molecule has 3 rings (SSSR count). The van der Waals surface area contributed by atoms with Crippen LogP contribution in [0.15, 0.2) is 34.0 Å². The molecule has 0 radical (unpaired) electrons. The van der Waals surface area contributed by atoms with Gasteiger partial charge in [-0.15, -0.1) is 35.3 Å². The SMILES string of the molecule is CCNC(=NCC(C)(O)c1ccsc1)NCC(c1ccc(C)s1)N1CCOCC1.I. The number of aryl methyl sites for hydroxylation is 1. The summed E-state index contributed by atoms with van der Waals surface area (Å²) in [4.78, 5) is 9.83. The third-order valence-corrected chi connectivity index (χ3v) is 6.86. The number of hydrogen-bond acceptors (Lipinski definition) is 6. The number of hydrogen-bond donors (Lipinski definition) is 3. The molecule has 2 aromatic heterocycles. The molecule has 2 atom stereocenters. The fourth-order valence-corrected chi connectivity index (χ4v) is 5.16. The molecule has 30 heavy (non-hydrogen) atoms. The molecule has 9 heteroatoms. The molecule has 3 heterocycles. The molecule has 2 aromatic rings. The Morgan fingerprint density at radius 1 is 1.30 bits per heavy atom. The lowest BCUT2D eigenvalue weighted by Gasteiger charge is -2.34. The first-order valence-corrected chi connectivity index (χ1v) is 11.9. The fraction of sp³-hybridized carbons (Fsp3) is 0.571. The van der Waals surface area contributed by atoms with E-state index in [1.807, 2.05) is 35.1 Å². The summed E-state index contributed by atoms with van der Waals surface area (Å²) in [5, 5.41) is 21.5. The number of ether oxygens (including phenoxy) is 1. The van der Waals surface area contributed by atoms with Crippen molar-refractivity contribution in [3.63, 3.8) is 0 Å².